The van der Waals surface area contributed by atoms with Crippen LogP contribution in [0.4, 0.5) is 5.69 Å². The molecule has 1 saturated heterocycles. The Kier molecular flexibility index (Phi) is 4.48. The lowest BCUT2D eigenvalue weighted by Crippen LogP contribution is -2.40. The molecule has 2 atom stereocenters. The topological polar surface area (TPSA) is 46.1 Å². The summed E-state index contributed by atoms with van der Waals surface area (Å²) < 4.78 is 2.25. The van der Waals surface area contributed by atoms with Gasteiger partial charge in [-0.15, -0.1) is 0 Å². The maximum Gasteiger partial charge on any atom is 0.227 e. The average molecular weight is 299 g/mol. The second kappa shape index (κ2) is 6.53. The predicted octanol–water partition coefficient (Wildman–Crippen LogP) is 3.38. The van der Waals surface area contributed by atoms with Gasteiger partial charge in [-0.2, -0.15) is 0 Å². The third-order valence-corrected chi connectivity index (χ3v) is 4.50. The molecule has 3 rings (SSSR count). The zero-order valence-electron chi connectivity index (χ0n) is 13.4. The minimum Gasteiger partial charge on any atom is -0.347 e. The van der Waals surface area contributed by atoms with Gasteiger partial charge in [0.15, 0.2) is 0 Å². The van der Waals surface area contributed by atoms with E-state index in [0.29, 0.717) is 6.04 Å². The van der Waals surface area contributed by atoms with Crippen LogP contribution < -0.4 is 10.6 Å². The summed E-state index contributed by atoms with van der Waals surface area (Å²) in [6.07, 6.45) is 5.06. The fourth-order valence-electron chi connectivity index (χ4n) is 3.31. The van der Waals surface area contributed by atoms with Crippen molar-refractivity contribution >= 4 is 22.5 Å². The van der Waals surface area contributed by atoms with E-state index >= 15 is 0 Å². The Hall–Kier alpha value is -1.81. The van der Waals surface area contributed by atoms with Crippen LogP contribution in [0.1, 0.15) is 33.1 Å². The summed E-state index contributed by atoms with van der Waals surface area (Å²) >= 11 is 0. The number of nitrogens with one attached hydrogen (secondary N) is 2. The average Bonchev–Trinajstić information content (AvgIpc) is 2.90. The zero-order valence-corrected chi connectivity index (χ0v) is 13.4. The smallest absolute Gasteiger partial charge is 0.227 e. The number of hydrogen-bond donors (Lipinski definition) is 2. The molecular formula is C18H25N3O. The Bertz CT molecular complexity index is 661. The molecule has 4 heteroatoms. The monoisotopic (exact) mass is 299 g/mol. The van der Waals surface area contributed by atoms with Gasteiger partial charge < -0.3 is 15.2 Å². The number of amides is 1. The Balaban J connectivity index is 1.75. The second-order valence-electron chi connectivity index (χ2n) is 6.35. The van der Waals surface area contributed by atoms with Gasteiger partial charge in [-0.25, -0.2) is 0 Å². The van der Waals surface area contributed by atoms with Crippen molar-refractivity contribution in [3.05, 3.63) is 30.5 Å². The summed E-state index contributed by atoms with van der Waals surface area (Å²) in [4.78, 5) is 12.5. The molecule has 118 valence electrons. The minimum absolute atomic E-state index is 0.120. The first-order valence-corrected chi connectivity index (χ1v) is 8.30. The van der Waals surface area contributed by atoms with E-state index in [2.05, 4.69) is 53.4 Å². The molecule has 4 nitrogen and oxygen atoms in total. The first-order valence-electron chi connectivity index (χ1n) is 8.30. The number of nitrogens with zero attached hydrogens (tertiary/aromatic N) is 1. The molecule has 1 aliphatic heterocycles. The molecule has 2 N–H and O–H groups in total. The summed E-state index contributed by atoms with van der Waals surface area (Å²) in [6.45, 7) is 6.25. The molecule has 2 heterocycles. The number of anilines is 1. The number of carbonyl (C=O) groups excluding carboxylic acids is 1. The highest BCUT2D eigenvalue weighted by molar-refractivity contribution is 5.95. The largest absolute Gasteiger partial charge is 0.347 e. The van der Waals surface area contributed by atoms with E-state index in [1.807, 2.05) is 6.07 Å². The Labute approximate surface area is 131 Å². The van der Waals surface area contributed by atoms with Crippen molar-refractivity contribution in [2.75, 3.05) is 11.9 Å². The summed E-state index contributed by atoms with van der Waals surface area (Å²) in [6, 6.07) is 8.73. The SMILES string of the molecule is CCCn1ccc2ccc(NC(=O)[C@H]3CCN[C@@H](C)C3)cc21. The van der Waals surface area contributed by atoms with Gasteiger partial charge in [0.1, 0.15) is 0 Å². The lowest BCUT2D eigenvalue weighted by atomic mass is 9.92. The van der Waals surface area contributed by atoms with Crippen molar-refractivity contribution in [3.8, 4) is 0 Å². The number of carbonyl (C=O) groups is 1. The molecule has 1 amide bonds. The molecule has 0 bridgehead atoms. The molecule has 0 aliphatic carbocycles. The minimum atomic E-state index is 0.120. The van der Waals surface area contributed by atoms with Crippen LogP contribution in [0.5, 0.6) is 0 Å². The summed E-state index contributed by atoms with van der Waals surface area (Å²) in [5.41, 5.74) is 2.10. The van der Waals surface area contributed by atoms with Gasteiger partial charge >= 0.3 is 0 Å². The van der Waals surface area contributed by atoms with Crippen molar-refractivity contribution in [2.24, 2.45) is 5.92 Å². The van der Waals surface area contributed by atoms with Crippen LogP contribution >= 0.6 is 0 Å². The Morgan fingerprint density at radius 2 is 2.27 bits per heavy atom. The highest BCUT2D eigenvalue weighted by Crippen LogP contribution is 2.23. The Morgan fingerprint density at radius 3 is 3.05 bits per heavy atom. The third-order valence-electron chi connectivity index (χ3n) is 4.50. The highest BCUT2D eigenvalue weighted by Gasteiger charge is 2.24. The van der Waals surface area contributed by atoms with Crippen molar-refractivity contribution in [2.45, 2.75) is 45.7 Å². The van der Waals surface area contributed by atoms with Gasteiger partial charge in [0.2, 0.25) is 5.91 Å². The molecule has 22 heavy (non-hydrogen) atoms. The zero-order chi connectivity index (χ0) is 15.5. The third kappa shape index (κ3) is 3.17. The molecule has 1 aromatic carbocycles. The Morgan fingerprint density at radius 1 is 1.41 bits per heavy atom. The molecule has 0 radical (unpaired) electrons. The summed E-state index contributed by atoms with van der Waals surface area (Å²) in [7, 11) is 0. The second-order valence-corrected chi connectivity index (χ2v) is 6.35. The summed E-state index contributed by atoms with van der Waals surface area (Å²) in [5.74, 6) is 0.274. The van der Waals surface area contributed by atoms with Crippen LogP contribution in [0.2, 0.25) is 0 Å². The predicted molar refractivity (Wildman–Crippen MR) is 91.0 cm³/mol. The number of aromatic nitrogens is 1. The molecule has 0 saturated carbocycles. The first kappa shape index (κ1) is 15.1. The lowest BCUT2D eigenvalue weighted by Gasteiger charge is -2.27. The van der Waals surface area contributed by atoms with Crippen LogP contribution in [0.3, 0.4) is 0 Å². The summed E-state index contributed by atoms with van der Waals surface area (Å²) in [5, 5.41) is 7.72. The number of fused-ring (bicyclic) bond motifs is 1. The number of rotatable bonds is 4. The van der Waals surface area contributed by atoms with E-state index in [0.717, 1.165) is 38.0 Å². The van der Waals surface area contributed by atoms with E-state index in [1.165, 1.54) is 10.9 Å². The van der Waals surface area contributed by atoms with Crippen molar-refractivity contribution < 1.29 is 4.79 Å². The van der Waals surface area contributed by atoms with E-state index in [9.17, 15) is 4.79 Å². The van der Waals surface area contributed by atoms with Crippen molar-refractivity contribution in [1.29, 1.82) is 0 Å². The van der Waals surface area contributed by atoms with Crippen LogP contribution in [0.15, 0.2) is 30.5 Å². The molecule has 0 unspecified atom stereocenters. The van der Waals surface area contributed by atoms with E-state index in [1.54, 1.807) is 0 Å². The van der Waals surface area contributed by atoms with Gasteiger partial charge in [0, 0.05) is 30.4 Å². The maximum atomic E-state index is 12.5. The van der Waals surface area contributed by atoms with Crippen LogP contribution in [0, 0.1) is 5.92 Å². The first-order chi connectivity index (χ1) is 10.7. The molecular weight excluding hydrogens is 274 g/mol. The lowest BCUT2D eigenvalue weighted by molar-refractivity contribution is -0.120. The molecule has 2 aromatic rings. The fourth-order valence-corrected chi connectivity index (χ4v) is 3.31. The normalized spacial score (nSPS) is 21.9. The maximum absolute atomic E-state index is 12.5. The van der Waals surface area contributed by atoms with E-state index in [4.69, 9.17) is 0 Å². The molecule has 1 aromatic heterocycles. The van der Waals surface area contributed by atoms with Crippen LogP contribution in [0.25, 0.3) is 10.9 Å². The van der Waals surface area contributed by atoms with E-state index < -0.39 is 0 Å². The van der Waals surface area contributed by atoms with E-state index in [-0.39, 0.29) is 11.8 Å². The van der Waals surface area contributed by atoms with Crippen LogP contribution in [-0.4, -0.2) is 23.1 Å². The molecule has 1 fully saturated rings. The number of aryl methyl sites for hydroxylation is 1. The van der Waals surface area contributed by atoms with Gasteiger partial charge in [0.05, 0.1) is 5.52 Å². The quantitative estimate of drug-likeness (QED) is 0.909. The van der Waals surface area contributed by atoms with Crippen molar-refractivity contribution in [3.63, 3.8) is 0 Å². The van der Waals surface area contributed by atoms with Gasteiger partial charge in [-0.3, -0.25) is 4.79 Å². The standard InChI is InChI=1S/C18H25N3O/c1-3-9-21-10-7-14-4-5-16(12-17(14)21)20-18(22)15-6-8-19-13(2)11-15/h4-5,7,10,12-13,15,19H,3,6,8-9,11H2,1-2H3,(H,20,22)/t13-,15-/m0/s1. The van der Waals surface area contributed by atoms with Crippen LogP contribution in [-0.2, 0) is 11.3 Å². The highest BCUT2D eigenvalue weighted by atomic mass is 16.1. The molecule has 0 spiro atoms. The number of benzene rings is 1. The number of piperidine rings is 1. The van der Waals surface area contributed by atoms with Gasteiger partial charge in [-0.1, -0.05) is 13.0 Å². The van der Waals surface area contributed by atoms with Gasteiger partial charge in [-0.05, 0) is 56.3 Å². The van der Waals surface area contributed by atoms with Gasteiger partial charge in [0.25, 0.3) is 0 Å². The number of hydrogen-bond acceptors (Lipinski definition) is 2. The fraction of sp³-hybridized carbons (Fsp3) is 0.500. The molecule has 1 aliphatic rings. The van der Waals surface area contributed by atoms with Crippen molar-refractivity contribution in [1.82, 2.24) is 9.88 Å².